The maximum Gasteiger partial charge on any atom is 0.0566 e. The average Bonchev–Trinajstić information content (AvgIpc) is 2.31. The first-order valence-electron chi connectivity index (χ1n) is 6.72. The molecule has 1 aromatic rings. The van der Waals surface area contributed by atoms with Gasteiger partial charge in [0.1, 0.15) is 0 Å². The quantitative estimate of drug-likeness (QED) is 0.890. The van der Waals surface area contributed by atoms with Crippen LogP contribution in [-0.4, -0.2) is 32.8 Å². The minimum absolute atomic E-state index is 0.370. The van der Waals surface area contributed by atoms with Gasteiger partial charge < -0.3 is 15.0 Å². The number of benzene rings is 1. The molecule has 0 aliphatic carbocycles. The van der Waals surface area contributed by atoms with Crippen LogP contribution in [0.1, 0.15) is 25.3 Å². The predicted molar refractivity (Wildman–Crippen MR) is 77.6 cm³/mol. The summed E-state index contributed by atoms with van der Waals surface area (Å²) in [5.74, 6) is 0. The van der Waals surface area contributed by atoms with Crippen LogP contribution in [-0.2, 0) is 4.74 Å². The molecule has 0 radical (unpaired) electrons. The fraction of sp³-hybridized carbons (Fsp3) is 0.600. The van der Waals surface area contributed by atoms with E-state index in [0.29, 0.717) is 12.1 Å². The monoisotopic (exact) mass is 248 g/mol. The van der Waals surface area contributed by atoms with E-state index in [2.05, 4.69) is 56.4 Å². The lowest BCUT2D eigenvalue weighted by molar-refractivity contribution is 0.0232. The molecule has 0 aromatic heterocycles. The van der Waals surface area contributed by atoms with Crippen molar-refractivity contribution >= 4 is 11.4 Å². The van der Waals surface area contributed by atoms with E-state index in [0.717, 1.165) is 19.4 Å². The van der Waals surface area contributed by atoms with Gasteiger partial charge in [-0.1, -0.05) is 6.07 Å². The molecule has 1 aliphatic heterocycles. The topological polar surface area (TPSA) is 24.5 Å². The third kappa shape index (κ3) is 3.16. The van der Waals surface area contributed by atoms with Crippen molar-refractivity contribution < 1.29 is 4.74 Å². The molecular weight excluding hydrogens is 224 g/mol. The van der Waals surface area contributed by atoms with Crippen LogP contribution in [0.5, 0.6) is 0 Å². The largest absolute Gasteiger partial charge is 0.382 e. The summed E-state index contributed by atoms with van der Waals surface area (Å²) >= 11 is 0. The summed E-state index contributed by atoms with van der Waals surface area (Å²) in [6.45, 7) is 5.16. The maximum absolute atomic E-state index is 5.58. The predicted octanol–water partition coefficient (Wildman–Crippen LogP) is 3.04. The van der Waals surface area contributed by atoms with Crippen LogP contribution < -0.4 is 10.2 Å². The minimum Gasteiger partial charge on any atom is -0.382 e. The lowest BCUT2D eigenvalue weighted by Gasteiger charge is -2.29. The fourth-order valence-electron chi connectivity index (χ4n) is 2.55. The maximum atomic E-state index is 5.58. The van der Waals surface area contributed by atoms with Gasteiger partial charge in [-0.2, -0.15) is 0 Å². The summed E-state index contributed by atoms with van der Waals surface area (Å²) in [7, 11) is 4.17. The van der Waals surface area contributed by atoms with Gasteiger partial charge >= 0.3 is 0 Å². The van der Waals surface area contributed by atoms with Crippen molar-refractivity contribution in [2.75, 3.05) is 30.9 Å². The molecule has 1 aromatic carbocycles. The summed E-state index contributed by atoms with van der Waals surface area (Å²) in [6, 6.07) is 7.12. The Morgan fingerprint density at radius 3 is 2.78 bits per heavy atom. The van der Waals surface area contributed by atoms with Gasteiger partial charge in [0.25, 0.3) is 0 Å². The van der Waals surface area contributed by atoms with E-state index in [-0.39, 0.29) is 0 Å². The Morgan fingerprint density at radius 1 is 1.33 bits per heavy atom. The molecule has 0 saturated carbocycles. The highest BCUT2D eigenvalue weighted by Crippen LogP contribution is 2.25. The zero-order valence-corrected chi connectivity index (χ0v) is 11.9. The molecule has 1 heterocycles. The number of aryl methyl sites for hydroxylation is 1. The van der Waals surface area contributed by atoms with Gasteiger partial charge in [0.05, 0.1) is 6.10 Å². The highest BCUT2D eigenvalue weighted by atomic mass is 16.5. The molecule has 0 amide bonds. The Balaban J connectivity index is 2.07. The van der Waals surface area contributed by atoms with Crippen molar-refractivity contribution in [2.24, 2.45) is 0 Å². The number of rotatable bonds is 3. The van der Waals surface area contributed by atoms with Crippen molar-refractivity contribution in [1.82, 2.24) is 0 Å². The summed E-state index contributed by atoms with van der Waals surface area (Å²) < 4.78 is 5.58. The molecule has 2 atom stereocenters. The molecule has 1 fully saturated rings. The first-order chi connectivity index (χ1) is 8.56. The third-order valence-electron chi connectivity index (χ3n) is 3.55. The molecule has 2 unspecified atom stereocenters. The van der Waals surface area contributed by atoms with Crippen molar-refractivity contribution in [3.63, 3.8) is 0 Å². The van der Waals surface area contributed by atoms with Crippen LogP contribution in [0, 0.1) is 6.92 Å². The number of nitrogens with one attached hydrogen (secondary N) is 1. The van der Waals surface area contributed by atoms with E-state index in [9.17, 15) is 0 Å². The van der Waals surface area contributed by atoms with Crippen LogP contribution in [0.25, 0.3) is 0 Å². The Labute approximate surface area is 110 Å². The standard InChI is InChI=1S/C15H24N2O/c1-11-5-6-13(10-15(11)17(3)4)16-14-7-8-18-12(2)9-14/h5-6,10,12,14,16H,7-9H2,1-4H3. The van der Waals surface area contributed by atoms with Gasteiger partial charge in [-0.05, 0) is 44.4 Å². The van der Waals surface area contributed by atoms with E-state index in [1.807, 2.05) is 0 Å². The van der Waals surface area contributed by atoms with Crippen LogP contribution in [0.2, 0.25) is 0 Å². The Hall–Kier alpha value is -1.22. The summed E-state index contributed by atoms with van der Waals surface area (Å²) in [4.78, 5) is 2.16. The molecule has 0 bridgehead atoms. The number of hydrogen-bond donors (Lipinski definition) is 1. The smallest absolute Gasteiger partial charge is 0.0566 e. The molecule has 18 heavy (non-hydrogen) atoms. The van der Waals surface area contributed by atoms with Gasteiger partial charge in [0, 0.05) is 38.1 Å². The first-order valence-corrected chi connectivity index (χ1v) is 6.72. The number of anilines is 2. The number of nitrogens with zero attached hydrogens (tertiary/aromatic N) is 1. The SMILES string of the molecule is Cc1ccc(NC2CCOC(C)C2)cc1N(C)C. The second-order valence-electron chi connectivity index (χ2n) is 5.44. The summed E-state index contributed by atoms with van der Waals surface area (Å²) in [5.41, 5.74) is 3.80. The lowest BCUT2D eigenvalue weighted by Crippen LogP contribution is -2.32. The Morgan fingerprint density at radius 2 is 2.11 bits per heavy atom. The zero-order valence-electron chi connectivity index (χ0n) is 11.9. The molecular formula is C15H24N2O. The lowest BCUT2D eigenvalue weighted by atomic mass is 10.0. The highest BCUT2D eigenvalue weighted by Gasteiger charge is 2.19. The van der Waals surface area contributed by atoms with Gasteiger partial charge in [-0.15, -0.1) is 0 Å². The van der Waals surface area contributed by atoms with Gasteiger partial charge in [-0.25, -0.2) is 0 Å². The van der Waals surface area contributed by atoms with Crippen LogP contribution >= 0.6 is 0 Å². The van der Waals surface area contributed by atoms with E-state index in [1.165, 1.54) is 16.9 Å². The molecule has 3 nitrogen and oxygen atoms in total. The molecule has 100 valence electrons. The van der Waals surface area contributed by atoms with E-state index in [1.54, 1.807) is 0 Å². The number of ether oxygens (including phenoxy) is 1. The van der Waals surface area contributed by atoms with Crippen molar-refractivity contribution in [3.8, 4) is 0 Å². The molecule has 1 aliphatic rings. The molecule has 1 saturated heterocycles. The summed E-state index contributed by atoms with van der Waals surface area (Å²) in [5, 5.41) is 3.63. The number of hydrogen-bond acceptors (Lipinski definition) is 3. The van der Waals surface area contributed by atoms with Crippen LogP contribution in [0.15, 0.2) is 18.2 Å². The van der Waals surface area contributed by atoms with Gasteiger partial charge in [-0.3, -0.25) is 0 Å². The van der Waals surface area contributed by atoms with Gasteiger partial charge in [0.2, 0.25) is 0 Å². The zero-order chi connectivity index (χ0) is 13.1. The highest BCUT2D eigenvalue weighted by molar-refractivity contribution is 5.62. The fourth-order valence-corrected chi connectivity index (χ4v) is 2.55. The van der Waals surface area contributed by atoms with Crippen LogP contribution in [0.4, 0.5) is 11.4 Å². The third-order valence-corrected chi connectivity index (χ3v) is 3.55. The summed E-state index contributed by atoms with van der Waals surface area (Å²) in [6.07, 6.45) is 2.55. The average molecular weight is 248 g/mol. The van der Waals surface area contributed by atoms with Crippen molar-refractivity contribution in [1.29, 1.82) is 0 Å². The molecule has 0 spiro atoms. The second kappa shape index (κ2) is 5.61. The van der Waals surface area contributed by atoms with E-state index in [4.69, 9.17) is 4.74 Å². The Kier molecular flexibility index (Phi) is 4.12. The Bertz CT molecular complexity index is 403. The molecule has 1 N–H and O–H groups in total. The second-order valence-corrected chi connectivity index (χ2v) is 5.44. The normalized spacial score (nSPS) is 23.8. The van der Waals surface area contributed by atoms with Crippen LogP contribution in [0.3, 0.4) is 0 Å². The van der Waals surface area contributed by atoms with Gasteiger partial charge in [0.15, 0.2) is 0 Å². The molecule has 3 heteroatoms. The van der Waals surface area contributed by atoms with E-state index < -0.39 is 0 Å². The minimum atomic E-state index is 0.370. The van der Waals surface area contributed by atoms with E-state index >= 15 is 0 Å². The van der Waals surface area contributed by atoms with Crippen molar-refractivity contribution in [3.05, 3.63) is 23.8 Å². The molecule has 2 rings (SSSR count). The first kappa shape index (κ1) is 13.2. The van der Waals surface area contributed by atoms with Crippen molar-refractivity contribution in [2.45, 2.75) is 38.8 Å².